The van der Waals surface area contributed by atoms with Crippen molar-refractivity contribution in [3.05, 3.63) is 60.2 Å². The number of benzene rings is 2. The third-order valence-electron chi connectivity index (χ3n) is 3.53. The van der Waals surface area contributed by atoms with Crippen molar-refractivity contribution in [2.45, 2.75) is 6.61 Å². The third kappa shape index (κ3) is 7.06. The predicted molar refractivity (Wildman–Crippen MR) is 102 cm³/mol. The standard InChI is InChI=1S/C20H20F2N2O4/c1-24(2)16-8-6-15(7-9-16)23-18(25)13-27-19(26)12-5-14-3-10-17(11-4-14)28-20(21)22/h3-12,20H,13H2,1-2H3,(H,23,25)/b12-5+. The lowest BCUT2D eigenvalue weighted by Crippen LogP contribution is -2.20. The molecule has 0 saturated carbocycles. The number of hydrogen-bond acceptors (Lipinski definition) is 5. The second-order valence-corrected chi connectivity index (χ2v) is 5.88. The van der Waals surface area contributed by atoms with Crippen LogP contribution in [-0.4, -0.2) is 39.2 Å². The molecule has 0 heterocycles. The average molecular weight is 390 g/mol. The molecule has 1 amide bonds. The maximum atomic E-state index is 12.1. The highest BCUT2D eigenvalue weighted by Crippen LogP contribution is 2.16. The summed E-state index contributed by atoms with van der Waals surface area (Å²) in [6.45, 7) is -3.33. The van der Waals surface area contributed by atoms with Crippen molar-refractivity contribution in [2.24, 2.45) is 0 Å². The van der Waals surface area contributed by atoms with Gasteiger partial charge < -0.3 is 19.7 Å². The Morgan fingerprint density at radius 1 is 1.07 bits per heavy atom. The van der Waals surface area contributed by atoms with Gasteiger partial charge in [-0.1, -0.05) is 12.1 Å². The molecular weight excluding hydrogens is 370 g/mol. The van der Waals surface area contributed by atoms with Crippen molar-refractivity contribution in [2.75, 3.05) is 30.9 Å². The van der Waals surface area contributed by atoms with Crippen LogP contribution in [0.3, 0.4) is 0 Å². The number of esters is 1. The zero-order valence-corrected chi connectivity index (χ0v) is 15.4. The van der Waals surface area contributed by atoms with Crippen LogP contribution in [0.15, 0.2) is 54.6 Å². The van der Waals surface area contributed by atoms with Crippen LogP contribution in [0.25, 0.3) is 6.08 Å². The first-order valence-electron chi connectivity index (χ1n) is 8.30. The summed E-state index contributed by atoms with van der Waals surface area (Å²) in [6.07, 6.45) is 2.58. The van der Waals surface area contributed by atoms with Crippen LogP contribution >= 0.6 is 0 Å². The lowest BCUT2D eigenvalue weighted by atomic mass is 10.2. The second kappa shape index (κ2) is 10.1. The average Bonchev–Trinajstić information content (AvgIpc) is 2.66. The van der Waals surface area contributed by atoms with E-state index in [1.165, 1.54) is 30.3 Å². The van der Waals surface area contributed by atoms with Crippen LogP contribution in [0, 0.1) is 0 Å². The molecule has 0 saturated heterocycles. The molecule has 148 valence electrons. The van der Waals surface area contributed by atoms with Crippen LogP contribution in [0.4, 0.5) is 20.2 Å². The molecule has 2 rings (SSSR count). The number of hydrogen-bond donors (Lipinski definition) is 1. The van der Waals surface area contributed by atoms with E-state index in [2.05, 4.69) is 10.1 Å². The van der Waals surface area contributed by atoms with Gasteiger partial charge in [-0.05, 0) is 48.0 Å². The number of nitrogens with one attached hydrogen (secondary N) is 1. The molecule has 0 atom stereocenters. The lowest BCUT2D eigenvalue weighted by Gasteiger charge is -2.13. The van der Waals surface area contributed by atoms with Crippen molar-refractivity contribution >= 4 is 29.3 Å². The lowest BCUT2D eigenvalue weighted by molar-refractivity contribution is -0.142. The summed E-state index contributed by atoms with van der Waals surface area (Å²) in [4.78, 5) is 25.5. The molecule has 0 spiro atoms. The van der Waals surface area contributed by atoms with Gasteiger partial charge in [-0.3, -0.25) is 4.79 Å². The SMILES string of the molecule is CN(C)c1ccc(NC(=O)COC(=O)/C=C/c2ccc(OC(F)F)cc2)cc1. The Morgan fingerprint density at radius 2 is 1.71 bits per heavy atom. The van der Waals surface area contributed by atoms with Gasteiger partial charge in [-0.25, -0.2) is 4.79 Å². The fraction of sp³-hybridized carbons (Fsp3) is 0.200. The maximum Gasteiger partial charge on any atom is 0.387 e. The number of amides is 1. The van der Waals surface area contributed by atoms with Gasteiger partial charge >= 0.3 is 12.6 Å². The molecule has 0 unspecified atom stereocenters. The smallest absolute Gasteiger partial charge is 0.387 e. The number of alkyl halides is 2. The summed E-state index contributed by atoms with van der Waals surface area (Å²) in [5, 5.41) is 2.63. The zero-order chi connectivity index (χ0) is 20.5. The van der Waals surface area contributed by atoms with E-state index >= 15 is 0 Å². The van der Waals surface area contributed by atoms with Gasteiger partial charge in [0.1, 0.15) is 5.75 Å². The summed E-state index contributed by atoms with van der Waals surface area (Å²) in [5.41, 5.74) is 2.17. The Labute approximate surface area is 161 Å². The van der Waals surface area contributed by atoms with Crippen molar-refractivity contribution in [1.82, 2.24) is 0 Å². The van der Waals surface area contributed by atoms with E-state index in [4.69, 9.17) is 4.74 Å². The minimum absolute atomic E-state index is 0.0185. The van der Waals surface area contributed by atoms with Crippen LogP contribution in [-0.2, 0) is 14.3 Å². The van der Waals surface area contributed by atoms with E-state index in [-0.39, 0.29) is 5.75 Å². The minimum atomic E-state index is -2.89. The fourth-order valence-electron chi connectivity index (χ4n) is 2.15. The Bertz CT molecular complexity index is 819. The maximum absolute atomic E-state index is 12.1. The Morgan fingerprint density at radius 3 is 2.29 bits per heavy atom. The molecule has 0 aromatic heterocycles. The fourth-order valence-corrected chi connectivity index (χ4v) is 2.15. The first kappa shape index (κ1) is 20.9. The summed E-state index contributed by atoms with van der Waals surface area (Å²) in [5.74, 6) is -1.15. The van der Waals surface area contributed by atoms with E-state index in [0.717, 1.165) is 11.8 Å². The highest BCUT2D eigenvalue weighted by atomic mass is 19.3. The molecule has 8 heteroatoms. The molecule has 28 heavy (non-hydrogen) atoms. The molecule has 0 aliphatic heterocycles. The van der Waals surface area contributed by atoms with Crippen LogP contribution in [0.1, 0.15) is 5.56 Å². The van der Waals surface area contributed by atoms with Gasteiger partial charge in [0.15, 0.2) is 6.61 Å². The number of halogens is 2. The highest BCUT2D eigenvalue weighted by molar-refractivity contribution is 5.94. The van der Waals surface area contributed by atoms with Crippen LogP contribution < -0.4 is 15.0 Å². The summed E-state index contributed by atoms with van der Waals surface area (Å²) >= 11 is 0. The highest BCUT2D eigenvalue weighted by Gasteiger charge is 2.07. The summed E-state index contributed by atoms with van der Waals surface area (Å²) < 4.78 is 33.3. The molecule has 0 fully saturated rings. The molecule has 0 aliphatic carbocycles. The first-order chi connectivity index (χ1) is 13.3. The Kier molecular flexibility index (Phi) is 7.50. The summed E-state index contributed by atoms with van der Waals surface area (Å²) in [7, 11) is 3.82. The second-order valence-electron chi connectivity index (χ2n) is 5.88. The number of carbonyl (C=O) groups excluding carboxylic acids is 2. The quantitative estimate of drug-likeness (QED) is 0.552. The molecule has 0 aliphatic rings. The molecule has 0 radical (unpaired) electrons. The van der Waals surface area contributed by atoms with Crippen LogP contribution in [0.2, 0.25) is 0 Å². The third-order valence-corrected chi connectivity index (χ3v) is 3.53. The van der Waals surface area contributed by atoms with Crippen molar-refractivity contribution in [1.29, 1.82) is 0 Å². The molecule has 2 aromatic rings. The van der Waals surface area contributed by atoms with E-state index in [0.29, 0.717) is 11.3 Å². The molecule has 1 N–H and O–H groups in total. The van der Waals surface area contributed by atoms with Gasteiger partial charge in [0.2, 0.25) is 0 Å². The predicted octanol–water partition coefficient (Wildman–Crippen LogP) is 3.55. The van der Waals surface area contributed by atoms with E-state index in [9.17, 15) is 18.4 Å². The number of ether oxygens (including phenoxy) is 2. The minimum Gasteiger partial charge on any atom is -0.452 e. The largest absolute Gasteiger partial charge is 0.452 e. The van der Waals surface area contributed by atoms with Crippen molar-refractivity contribution in [3.63, 3.8) is 0 Å². The van der Waals surface area contributed by atoms with Crippen molar-refractivity contribution in [3.8, 4) is 5.75 Å². The first-order valence-corrected chi connectivity index (χ1v) is 8.30. The molecule has 2 aromatic carbocycles. The normalized spacial score (nSPS) is 10.8. The number of rotatable bonds is 8. The number of nitrogens with zero attached hydrogens (tertiary/aromatic N) is 1. The monoisotopic (exact) mass is 390 g/mol. The van der Waals surface area contributed by atoms with E-state index < -0.39 is 25.1 Å². The van der Waals surface area contributed by atoms with Crippen molar-refractivity contribution < 1.29 is 27.8 Å². The summed E-state index contributed by atoms with van der Waals surface area (Å²) in [6, 6.07) is 12.9. The molecular formula is C20H20F2N2O4. The van der Waals surface area contributed by atoms with Gasteiger partial charge in [0.25, 0.3) is 5.91 Å². The van der Waals surface area contributed by atoms with Gasteiger partial charge in [-0.2, -0.15) is 8.78 Å². The van der Waals surface area contributed by atoms with E-state index in [1.807, 2.05) is 31.1 Å². The topological polar surface area (TPSA) is 67.9 Å². The Balaban J connectivity index is 1.78. The van der Waals surface area contributed by atoms with Gasteiger partial charge in [-0.15, -0.1) is 0 Å². The number of anilines is 2. The zero-order valence-electron chi connectivity index (χ0n) is 15.4. The van der Waals surface area contributed by atoms with E-state index in [1.54, 1.807) is 12.1 Å². The molecule has 0 bridgehead atoms. The Hall–Kier alpha value is -3.42. The van der Waals surface area contributed by atoms with Crippen LogP contribution in [0.5, 0.6) is 5.75 Å². The van der Waals surface area contributed by atoms with Gasteiger partial charge in [0, 0.05) is 31.5 Å². The number of carbonyl (C=O) groups is 2. The van der Waals surface area contributed by atoms with Gasteiger partial charge in [0.05, 0.1) is 0 Å². The molecule has 6 nitrogen and oxygen atoms in total.